The van der Waals surface area contributed by atoms with Crippen LogP contribution in [-0.4, -0.2) is 19.7 Å². The summed E-state index contributed by atoms with van der Waals surface area (Å²) in [6.07, 6.45) is 2.77. The Hall–Kier alpha value is -1.62. The topological polar surface area (TPSA) is 59.1 Å². The van der Waals surface area contributed by atoms with Gasteiger partial charge in [-0.3, -0.25) is 9.71 Å². The molecule has 0 saturated carbocycles. The van der Waals surface area contributed by atoms with Gasteiger partial charge in [-0.2, -0.15) is 0 Å². The molecule has 1 aromatic heterocycles. The lowest BCUT2D eigenvalue weighted by Crippen LogP contribution is -2.10. The third-order valence-electron chi connectivity index (χ3n) is 2.14. The lowest BCUT2D eigenvalue weighted by Gasteiger charge is -2.08. The summed E-state index contributed by atoms with van der Waals surface area (Å²) in [5.74, 6) is 0. The van der Waals surface area contributed by atoms with Crippen molar-refractivity contribution in [1.82, 2.24) is 4.98 Å². The number of rotatable bonds is 2. The van der Waals surface area contributed by atoms with Crippen LogP contribution in [0.2, 0.25) is 0 Å². The summed E-state index contributed by atoms with van der Waals surface area (Å²) >= 11 is 0. The van der Waals surface area contributed by atoms with Crippen molar-refractivity contribution in [2.75, 3.05) is 11.0 Å². The van der Waals surface area contributed by atoms with Crippen molar-refractivity contribution < 1.29 is 8.42 Å². The van der Waals surface area contributed by atoms with E-state index >= 15 is 0 Å². The Morgan fingerprint density at radius 2 is 2.06 bits per heavy atom. The molecule has 84 valence electrons. The predicted octanol–water partition coefficient (Wildman–Crippen LogP) is 1.91. The minimum atomic E-state index is -3.28. The van der Waals surface area contributed by atoms with Gasteiger partial charge in [0.2, 0.25) is 10.0 Å². The van der Waals surface area contributed by atoms with E-state index in [0.29, 0.717) is 11.2 Å². The number of anilines is 1. The number of nitrogens with zero attached hydrogens (tertiary/aromatic N) is 1. The molecular weight excluding hydrogens is 224 g/mol. The number of fused-ring (bicyclic) bond motifs is 1. The summed E-state index contributed by atoms with van der Waals surface area (Å²) in [7, 11) is -3.28. The molecule has 4 nitrogen and oxygen atoms in total. The largest absolute Gasteiger partial charge is 0.282 e. The van der Waals surface area contributed by atoms with Gasteiger partial charge in [-0.15, -0.1) is 0 Å². The van der Waals surface area contributed by atoms with E-state index in [9.17, 15) is 8.42 Å². The maximum atomic E-state index is 11.2. The first-order valence-electron chi connectivity index (χ1n) is 4.79. The SMILES string of the molecule is Cc1cc(NS(C)(=O)=O)c2ncccc2c1. The number of sulfonamides is 1. The standard InChI is InChI=1S/C11H12N2O2S/c1-8-6-9-4-3-5-12-11(9)10(7-8)13-16(2,14)15/h3-7,13H,1-2H3. The van der Waals surface area contributed by atoms with Crippen LogP contribution in [0.3, 0.4) is 0 Å². The summed E-state index contributed by atoms with van der Waals surface area (Å²) in [5.41, 5.74) is 2.18. The molecule has 0 unspecified atom stereocenters. The minimum absolute atomic E-state index is 0.526. The molecule has 5 heteroatoms. The molecule has 0 aliphatic heterocycles. The lowest BCUT2D eigenvalue weighted by atomic mass is 10.1. The van der Waals surface area contributed by atoms with Crippen LogP contribution in [-0.2, 0) is 10.0 Å². The van der Waals surface area contributed by atoms with E-state index in [0.717, 1.165) is 17.2 Å². The van der Waals surface area contributed by atoms with E-state index in [4.69, 9.17) is 0 Å². The predicted molar refractivity (Wildman–Crippen MR) is 64.9 cm³/mol. The molecule has 16 heavy (non-hydrogen) atoms. The molecule has 1 aromatic carbocycles. The van der Waals surface area contributed by atoms with E-state index in [-0.39, 0.29) is 0 Å². The normalized spacial score (nSPS) is 11.6. The number of benzene rings is 1. The Bertz CT molecular complexity index is 635. The third kappa shape index (κ3) is 2.30. The maximum Gasteiger partial charge on any atom is 0.229 e. The number of hydrogen-bond acceptors (Lipinski definition) is 3. The first kappa shape index (κ1) is 10.9. The zero-order valence-electron chi connectivity index (χ0n) is 9.06. The molecule has 1 heterocycles. The zero-order chi connectivity index (χ0) is 11.8. The highest BCUT2D eigenvalue weighted by atomic mass is 32.2. The monoisotopic (exact) mass is 236 g/mol. The minimum Gasteiger partial charge on any atom is -0.282 e. The highest BCUT2D eigenvalue weighted by molar-refractivity contribution is 7.92. The molecule has 0 aliphatic carbocycles. The van der Waals surface area contributed by atoms with Crippen LogP contribution in [0.4, 0.5) is 5.69 Å². The molecule has 0 amide bonds. The van der Waals surface area contributed by atoms with Crippen LogP contribution in [0.1, 0.15) is 5.56 Å². The molecule has 0 spiro atoms. The van der Waals surface area contributed by atoms with Crippen molar-refractivity contribution in [2.24, 2.45) is 0 Å². The highest BCUT2D eigenvalue weighted by Crippen LogP contribution is 2.23. The van der Waals surface area contributed by atoms with Gasteiger partial charge in [-0.05, 0) is 30.7 Å². The summed E-state index contributed by atoms with van der Waals surface area (Å²) in [5, 5.41) is 0.925. The van der Waals surface area contributed by atoms with Crippen LogP contribution in [0.25, 0.3) is 10.9 Å². The second-order valence-electron chi connectivity index (χ2n) is 3.76. The number of nitrogens with one attached hydrogen (secondary N) is 1. The number of aromatic nitrogens is 1. The van der Waals surface area contributed by atoms with Gasteiger partial charge in [0.15, 0.2) is 0 Å². The number of aryl methyl sites for hydroxylation is 1. The van der Waals surface area contributed by atoms with Gasteiger partial charge in [0.1, 0.15) is 0 Å². The van der Waals surface area contributed by atoms with E-state index in [1.165, 1.54) is 0 Å². The molecule has 0 radical (unpaired) electrons. The van der Waals surface area contributed by atoms with Crippen molar-refractivity contribution in [3.63, 3.8) is 0 Å². The van der Waals surface area contributed by atoms with Crippen molar-refractivity contribution >= 4 is 26.6 Å². The molecule has 0 saturated heterocycles. The lowest BCUT2D eigenvalue weighted by molar-refractivity contribution is 0.607. The molecular formula is C11H12N2O2S. The molecule has 2 aromatic rings. The van der Waals surface area contributed by atoms with Gasteiger partial charge in [0.25, 0.3) is 0 Å². The highest BCUT2D eigenvalue weighted by Gasteiger charge is 2.07. The van der Waals surface area contributed by atoms with E-state index in [1.54, 1.807) is 12.3 Å². The van der Waals surface area contributed by atoms with Crippen LogP contribution in [0.15, 0.2) is 30.5 Å². The molecule has 0 bridgehead atoms. The van der Waals surface area contributed by atoms with Crippen molar-refractivity contribution in [3.05, 3.63) is 36.0 Å². The van der Waals surface area contributed by atoms with Crippen molar-refractivity contribution in [1.29, 1.82) is 0 Å². The number of hydrogen-bond donors (Lipinski definition) is 1. The van der Waals surface area contributed by atoms with E-state index < -0.39 is 10.0 Å². The molecule has 1 N–H and O–H groups in total. The summed E-state index contributed by atoms with van der Waals surface area (Å²) in [6.45, 7) is 1.92. The Labute approximate surface area is 94.4 Å². The van der Waals surface area contributed by atoms with Gasteiger partial charge < -0.3 is 0 Å². The van der Waals surface area contributed by atoms with Gasteiger partial charge in [0.05, 0.1) is 17.5 Å². The van der Waals surface area contributed by atoms with Gasteiger partial charge in [-0.1, -0.05) is 6.07 Å². The average molecular weight is 236 g/mol. The molecule has 0 aliphatic rings. The van der Waals surface area contributed by atoms with E-state index in [1.807, 2.05) is 25.1 Å². The molecule has 2 rings (SSSR count). The summed E-state index contributed by atoms with van der Waals surface area (Å²) in [4.78, 5) is 4.18. The van der Waals surface area contributed by atoms with Gasteiger partial charge >= 0.3 is 0 Å². The first-order valence-corrected chi connectivity index (χ1v) is 6.68. The van der Waals surface area contributed by atoms with Crippen molar-refractivity contribution in [3.8, 4) is 0 Å². The van der Waals surface area contributed by atoms with Crippen LogP contribution in [0.5, 0.6) is 0 Å². The first-order chi connectivity index (χ1) is 7.46. The molecule has 0 atom stereocenters. The third-order valence-corrected chi connectivity index (χ3v) is 2.74. The fraction of sp³-hybridized carbons (Fsp3) is 0.182. The second kappa shape index (κ2) is 3.75. The fourth-order valence-corrected chi connectivity index (χ4v) is 2.17. The fourth-order valence-electron chi connectivity index (χ4n) is 1.62. The van der Waals surface area contributed by atoms with Gasteiger partial charge in [-0.25, -0.2) is 8.42 Å². The van der Waals surface area contributed by atoms with Crippen molar-refractivity contribution in [2.45, 2.75) is 6.92 Å². The zero-order valence-corrected chi connectivity index (χ0v) is 9.88. The Morgan fingerprint density at radius 1 is 1.31 bits per heavy atom. The smallest absolute Gasteiger partial charge is 0.229 e. The van der Waals surface area contributed by atoms with Gasteiger partial charge in [0, 0.05) is 11.6 Å². The van der Waals surface area contributed by atoms with Crippen LogP contribution < -0.4 is 4.72 Å². The number of pyridine rings is 1. The van der Waals surface area contributed by atoms with Crippen LogP contribution >= 0.6 is 0 Å². The average Bonchev–Trinajstić information content (AvgIpc) is 2.14. The Kier molecular flexibility index (Phi) is 2.55. The van der Waals surface area contributed by atoms with E-state index in [2.05, 4.69) is 9.71 Å². The molecule has 0 fully saturated rings. The summed E-state index contributed by atoms with van der Waals surface area (Å²) < 4.78 is 24.9. The maximum absolute atomic E-state index is 11.2. The second-order valence-corrected chi connectivity index (χ2v) is 5.51. The summed E-state index contributed by atoms with van der Waals surface area (Å²) in [6, 6.07) is 7.47. The quantitative estimate of drug-likeness (QED) is 0.866. The van der Waals surface area contributed by atoms with Crippen LogP contribution in [0, 0.1) is 6.92 Å². The Balaban J connectivity index is 2.68. The Morgan fingerprint density at radius 3 is 2.75 bits per heavy atom.